The molecule has 1 fully saturated rings. The molecule has 0 radical (unpaired) electrons. The molecule has 0 heterocycles. The monoisotopic (exact) mass is 327 g/mol. The van der Waals surface area contributed by atoms with Gasteiger partial charge in [-0.3, -0.25) is 0 Å². The number of hydrogen-bond donors (Lipinski definition) is 1. The number of hydrogen-bond acceptors (Lipinski definition) is 1. The molecule has 3 heteroatoms. The van der Waals surface area contributed by atoms with Crippen molar-refractivity contribution in [2.45, 2.75) is 52.5 Å². The molecule has 3 atom stereocenters. The lowest BCUT2D eigenvalue weighted by molar-refractivity contribution is 0.181. The third kappa shape index (κ3) is 4.87. The number of nitrogens with one attached hydrogen (secondary N) is 1. The molecule has 1 aromatic carbocycles. The summed E-state index contributed by atoms with van der Waals surface area (Å²) in [6.07, 6.45) is 4.95. The summed E-state index contributed by atoms with van der Waals surface area (Å²) < 4.78 is 0. The van der Waals surface area contributed by atoms with Gasteiger partial charge < -0.3 is 5.32 Å². The predicted molar refractivity (Wildman–Crippen MR) is 93.3 cm³/mol. The van der Waals surface area contributed by atoms with Crippen LogP contribution in [0.5, 0.6) is 0 Å². The Morgan fingerprint density at radius 2 is 1.81 bits per heavy atom. The highest BCUT2D eigenvalue weighted by Gasteiger charge is 2.29. The minimum atomic E-state index is 0.550. The van der Waals surface area contributed by atoms with Crippen LogP contribution in [0, 0.1) is 17.8 Å². The summed E-state index contributed by atoms with van der Waals surface area (Å²) in [7, 11) is 0. The second kappa shape index (κ2) is 7.85. The Kier molecular flexibility index (Phi) is 6.40. The second-order valence-electron chi connectivity index (χ2n) is 6.91. The summed E-state index contributed by atoms with van der Waals surface area (Å²) >= 11 is 12.7. The minimum Gasteiger partial charge on any atom is -0.314 e. The highest BCUT2D eigenvalue weighted by Crippen LogP contribution is 2.38. The lowest BCUT2D eigenvalue weighted by Gasteiger charge is -2.36. The first-order valence-electron chi connectivity index (χ1n) is 8.13. The maximum Gasteiger partial charge on any atom is 0.0452 e. The van der Waals surface area contributed by atoms with Crippen LogP contribution in [-0.2, 0) is 6.42 Å². The van der Waals surface area contributed by atoms with Gasteiger partial charge in [-0.15, -0.1) is 0 Å². The van der Waals surface area contributed by atoms with Crippen LogP contribution in [-0.4, -0.2) is 12.6 Å². The third-order valence-corrected chi connectivity index (χ3v) is 5.43. The standard InChI is InChI=1S/C18H27Cl2N/c1-12(2)21-11-14-8-7-13(3)9-15(14)10-16-17(19)5-4-6-18(16)20/h4-6,12-15,21H,7-11H2,1-3H3. The van der Waals surface area contributed by atoms with Gasteiger partial charge in [0.15, 0.2) is 0 Å². The highest BCUT2D eigenvalue weighted by atomic mass is 35.5. The number of rotatable bonds is 5. The van der Waals surface area contributed by atoms with E-state index in [0.717, 1.165) is 40.4 Å². The molecule has 0 aliphatic heterocycles. The first-order valence-corrected chi connectivity index (χ1v) is 8.89. The maximum atomic E-state index is 6.36. The van der Waals surface area contributed by atoms with Crippen LogP contribution >= 0.6 is 23.2 Å². The van der Waals surface area contributed by atoms with Gasteiger partial charge >= 0.3 is 0 Å². The van der Waals surface area contributed by atoms with Crippen molar-refractivity contribution < 1.29 is 0 Å². The number of halogens is 2. The summed E-state index contributed by atoms with van der Waals surface area (Å²) in [6, 6.07) is 6.39. The van der Waals surface area contributed by atoms with Crippen molar-refractivity contribution >= 4 is 23.2 Å². The Balaban J connectivity index is 2.09. The van der Waals surface area contributed by atoms with E-state index < -0.39 is 0 Å². The molecule has 0 bridgehead atoms. The molecule has 2 rings (SSSR count). The van der Waals surface area contributed by atoms with Crippen molar-refractivity contribution in [2.24, 2.45) is 17.8 Å². The summed E-state index contributed by atoms with van der Waals surface area (Å²) in [5.41, 5.74) is 1.13. The second-order valence-corrected chi connectivity index (χ2v) is 7.72. The minimum absolute atomic E-state index is 0.550. The van der Waals surface area contributed by atoms with Crippen molar-refractivity contribution in [1.82, 2.24) is 5.32 Å². The van der Waals surface area contributed by atoms with Gasteiger partial charge in [0.1, 0.15) is 0 Å². The molecule has 0 amide bonds. The van der Waals surface area contributed by atoms with Crippen molar-refractivity contribution in [3.05, 3.63) is 33.8 Å². The van der Waals surface area contributed by atoms with Crippen LogP contribution < -0.4 is 5.32 Å². The van der Waals surface area contributed by atoms with E-state index in [2.05, 4.69) is 26.1 Å². The number of benzene rings is 1. The normalized spacial score (nSPS) is 26.3. The molecule has 3 unspecified atom stereocenters. The van der Waals surface area contributed by atoms with Gasteiger partial charge in [-0.2, -0.15) is 0 Å². The van der Waals surface area contributed by atoms with Crippen molar-refractivity contribution in [3.63, 3.8) is 0 Å². The fourth-order valence-corrected chi connectivity index (χ4v) is 4.01. The van der Waals surface area contributed by atoms with Crippen LogP contribution in [0.15, 0.2) is 18.2 Å². The summed E-state index contributed by atoms with van der Waals surface area (Å²) in [5, 5.41) is 5.24. The topological polar surface area (TPSA) is 12.0 Å². The summed E-state index contributed by atoms with van der Waals surface area (Å²) in [5.74, 6) is 2.22. The van der Waals surface area contributed by atoms with Gasteiger partial charge in [-0.25, -0.2) is 0 Å². The van der Waals surface area contributed by atoms with Gasteiger partial charge in [0, 0.05) is 16.1 Å². The average Bonchev–Trinajstić information content (AvgIpc) is 2.42. The molecule has 0 spiro atoms. The Hall–Kier alpha value is -0.240. The Morgan fingerprint density at radius 1 is 1.14 bits per heavy atom. The molecule has 118 valence electrons. The van der Waals surface area contributed by atoms with Gasteiger partial charge in [0.2, 0.25) is 0 Å². The molecular weight excluding hydrogens is 301 g/mol. The summed E-state index contributed by atoms with van der Waals surface area (Å²) in [4.78, 5) is 0. The zero-order chi connectivity index (χ0) is 15.4. The van der Waals surface area contributed by atoms with Gasteiger partial charge in [-0.05, 0) is 61.3 Å². The average molecular weight is 328 g/mol. The molecule has 1 nitrogen and oxygen atoms in total. The van der Waals surface area contributed by atoms with Crippen molar-refractivity contribution in [1.29, 1.82) is 0 Å². The van der Waals surface area contributed by atoms with E-state index in [-0.39, 0.29) is 0 Å². The van der Waals surface area contributed by atoms with E-state index in [1.807, 2.05) is 18.2 Å². The van der Waals surface area contributed by atoms with Crippen molar-refractivity contribution in [3.8, 4) is 0 Å². The Labute approximate surface area is 139 Å². The molecule has 1 aliphatic rings. The van der Waals surface area contributed by atoms with Gasteiger partial charge in [0.05, 0.1) is 0 Å². The molecule has 1 saturated carbocycles. The zero-order valence-electron chi connectivity index (χ0n) is 13.3. The molecule has 1 aromatic rings. The highest BCUT2D eigenvalue weighted by molar-refractivity contribution is 6.35. The maximum absolute atomic E-state index is 6.36. The van der Waals surface area contributed by atoms with E-state index in [1.165, 1.54) is 19.3 Å². The van der Waals surface area contributed by atoms with Crippen LogP contribution in [0.3, 0.4) is 0 Å². The van der Waals surface area contributed by atoms with Crippen LogP contribution in [0.25, 0.3) is 0 Å². The van der Waals surface area contributed by atoms with E-state index in [4.69, 9.17) is 23.2 Å². The smallest absolute Gasteiger partial charge is 0.0452 e. The predicted octanol–water partition coefficient (Wildman–Crippen LogP) is 5.59. The summed E-state index contributed by atoms with van der Waals surface area (Å²) in [6.45, 7) is 7.90. The first-order chi connectivity index (χ1) is 9.97. The Bertz CT molecular complexity index is 438. The largest absolute Gasteiger partial charge is 0.314 e. The van der Waals surface area contributed by atoms with E-state index >= 15 is 0 Å². The lowest BCUT2D eigenvalue weighted by Crippen LogP contribution is -2.36. The molecule has 0 saturated heterocycles. The van der Waals surface area contributed by atoms with E-state index in [9.17, 15) is 0 Å². The van der Waals surface area contributed by atoms with E-state index in [0.29, 0.717) is 12.0 Å². The molecule has 0 aromatic heterocycles. The zero-order valence-corrected chi connectivity index (χ0v) is 14.8. The third-order valence-electron chi connectivity index (χ3n) is 4.72. The first kappa shape index (κ1) is 17.1. The van der Waals surface area contributed by atoms with Crippen LogP contribution in [0.1, 0.15) is 45.6 Å². The quantitative estimate of drug-likeness (QED) is 0.743. The van der Waals surface area contributed by atoms with Crippen molar-refractivity contribution in [2.75, 3.05) is 6.54 Å². The van der Waals surface area contributed by atoms with E-state index in [1.54, 1.807) is 0 Å². The fraction of sp³-hybridized carbons (Fsp3) is 0.667. The Morgan fingerprint density at radius 3 is 2.43 bits per heavy atom. The molecule has 21 heavy (non-hydrogen) atoms. The molecular formula is C18H27Cl2N. The molecule has 1 aliphatic carbocycles. The molecule has 1 N–H and O–H groups in total. The lowest BCUT2D eigenvalue weighted by atomic mass is 9.72. The van der Waals surface area contributed by atoms with Crippen LogP contribution in [0.2, 0.25) is 10.0 Å². The fourth-order valence-electron chi connectivity index (χ4n) is 3.46. The van der Waals surface area contributed by atoms with Crippen LogP contribution in [0.4, 0.5) is 0 Å². The SMILES string of the molecule is CC1CCC(CNC(C)C)C(Cc2c(Cl)cccc2Cl)C1. The van der Waals surface area contributed by atoms with Gasteiger partial charge in [-0.1, -0.05) is 56.5 Å². The van der Waals surface area contributed by atoms with Gasteiger partial charge in [0.25, 0.3) is 0 Å².